The molecular formula is C10H12Cl2N2O5S2. The summed E-state index contributed by atoms with van der Waals surface area (Å²) in [7, 11) is -7.39. The summed E-state index contributed by atoms with van der Waals surface area (Å²) in [6.07, 6.45) is 1.02. The summed E-state index contributed by atoms with van der Waals surface area (Å²) in [4.78, 5) is 11.4. The van der Waals surface area contributed by atoms with Crippen LogP contribution in [0.25, 0.3) is 0 Å². The first-order chi connectivity index (χ1) is 9.42. The van der Waals surface area contributed by atoms with Crippen molar-refractivity contribution in [2.75, 3.05) is 18.6 Å². The van der Waals surface area contributed by atoms with Crippen molar-refractivity contribution in [1.29, 1.82) is 0 Å². The van der Waals surface area contributed by atoms with Crippen molar-refractivity contribution in [2.24, 2.45) is 5.14 Å². The number of amides is 1. The molecule has 1 aromatic carbocycles. The summed E-state index contributed by atoms with van der Waals surface area (Å²) in [6.45, 7) is -0.148. The fourth-order valence-electron chi connectivity index (χ4n) is 1.38. The number of hydrogen-bond acceptors (Lipinski definition) is 5. The first-order valence-corrected chi connectivity index (χ1v) is 9.76. The number of halogens is 2. The SMILES string of the molecule is CS(=O)(=O)CCNC(=O)c1cc(Cl)cc(S(N)(=O)=O)c1Cl. The van der Waals surface area contributed by atoms with Gasteiger partial charge in [-0.2, -0.15) is 0 Å². The van der Waals surface area contributed by atoms with E-state index in [4.69, 9.17) is 28.3 Å². The first kappa shape index (κ1) is 18.2. The Labute approximate surface area is 132 Å². The molecule has 0 atom stereocenters. The molecule has 0 saturated carbocycles. The number of primary sulfonamides is 1. The molecule has 0 bridgehead atoms. The summed E-state index contributed by atoms with van der Waals surface area (Å²) in [5.41, 5.74) is -0.207. The van der Waals surface area contributed by atoms with E-state index in [2.05, 4.69) is 5.32 Å². The molecule has 1 aromatic rings. The Morgan fingerprint density at radius 2 is 1.81 bits per heavy atom. The largest absolute Gasteiger partial charge is 0.351 e. The molecule has 0 unspecified atom stereocenters. The fraction of sp³-hybridized carbons (Fsp3) is 0.300. The normalized spacial score (nSPS) is 12.2. The molecule has 0 aliphatic rings. The topological polar surface area (TPSA) is 123 Å². The van der Waals surface area contributed by atoms with Crippen LogP contribution in [0.5, 0.6) is 0 Å². The zero-order valence-electron chi connectivity index (χ0n) is 10.8. The Morgan fingerprint density at radius 1 is 1.24 bits per heavy atom. The minimum atomic E-state index is -4.15. The quantitative estimate of drug-likeness (QED) is 0.772. The second-order valence-electron chi connectivity index (χ2n) is 4.20. The van der Waals surface area contributed by atoms with Gasteiger partial charge in [0.25, 0.3) is 5.91 Å². The van der Waals surface area contributed by atoms with Crippen LogP contribution in [0.4, 0.5) is 0 Å². The molecule has 21 heavy (non-hydrogen) atoms. The number of carbonyl (C=O) groups excluding carboxylic acids is 1. The number of hydrogen-bond donors (Lipinski definition) is 2. The highest BCUT2D eigenvalue weighted by Crippen LogP contribution is 2.28. The van der Waals surface area contributed by atoms with Gasteiger partial charge in [-0.15, -0.1) is 0 Å². The molecule has 0 heterocycles. The van der Waals surface area contributed by atoms with E-state index in [1.165, 1.54) is 0 Å². The van der Waals surface area contributed by atoms with Gasteiger partial charge in [0.15, 0.2) is 0 Å². The van der Waals surface area contributed by atoms with Crippen molar-refractivity contribution < 1.29 is 21.6 Å². The van der Waals surface area contributed by atoms with E-state index in [0.717, 1.165) is 18.4 Å². The Hall–Kier alpha value is -0.870. The van der Waals surface area contributed by atoms with Gasteiger partial charge in [-0.05, 0) is 12.1 Å². The van der Waals surface area contributed by atoms with E-state index in [1.54, 1.807) is 0 Å². The van der Waals surface area contributed by atoms with Crippen molar-refractivity contribution >= 4 is 49.0 Å². The van der Waals surface area contributed by atoms with Crippen molar-refractivity contribution in [3.05, 3.63) is 27.7 Å². The molecule has 0 radical (unpaired) electrons. The third-order valence-corrected chi connectivity index (χ3v) is 4.93. The lowest BCUT2D eigenvalue weighted by Crippen LogP contribution is -2.29. The predicted molar refractivity (Wildman–Crippen MR) is 79.9 cm³/mol. The van der Waals surface area contributed by atoms with E-state index in [9.17, 15) is 21.6 Å². The van der Waals surface area contributed by atoms with Gasteiger partial charge in [0.05, 0.1) is 16.3 Å². The van der Waals surface area contributed by atoms with Crippen molar-refractivity contribution in [1.82, 2.24) is 5.32 Å². The maximum Gasteiger partial charge on any atom is 0.252 e. The number of rotatable bonds is 5. The average molecular weight is 375 g/mol. The van der Waals surface area contributed by atoms with Gasteiger partial charge in [0, 0.05) is 17.8 Å². The van der Waals surface area contributed by atoms with Gasteiger partial charge in [0.1, 0.15) is 14.7 Å². The molecule has 118 valence electrons. The van der Waals surface area contributed by atoms with E-state index < -0.39 is 30.7 Å². The molecule has 11 heteroatoms. The number of nitrogens with two attached hydrogens (primary N) is 1. The van der Waals surface area contributed by atoms with Gasteiger partial charge >= 0.3 is 0 Å². The van der Waals surface area contributed by atoms with E-state index in [0.29, 0.717) is 0 Å². The Balaban J connectivity index is 3.08. The lowest BCUT2D eigenvalue weighted by Gasteiger charge is -2.10. The summed E-state index contributed by atoms with van der Waals surface area (Å²) in [6, 6.07) is 2.18. The fourth-order valence-corrected chi connectivity index (χ4v) is 3.31. The highest BCUT2D eigenvalue weighted by atomic mass is 35.5. The van der Waals surface area contributed by atoms with Gasteiger partial charge in [-0.1, -0.05) is 23.2 Å². The van der Waals surface area contributed by atoms with Crippen LogP contribution in [0.2, 0.25) is 10.0 Å². The molecule has 1 amide bonds. The minimum absolute atomic E-state index is 0.0447. The average Bonchev–Trinajstić information content (AvgIpc) is 2.28. The van der Waals surface area contributed by atoms with Gasteiger partial charge in [0.2, 0.25) is 10.0 Å². The standard InChI is InChI=1S/C10H12Cl2N2O5S2/c1-20(16,17)3-2-14-10(15)7-4-6(11)5-8(9(7)12)21(13,18)19/h4-5H,2-3H2,1H3,(H,14,15)(H2,13,18,19). The maximum atomic E-state index is 11.9. The number of nitrogens with one attached hydrogen (secondary N) is 1. The second kappa shape index (κ2) is 6.49. The number of benzene rings is 1. The predicted octanol–water partition coefficient (Wildman–Crippen LogP) is 0.415. The highest BCUT2D eigenvalue weighted by molar-refractivity contribution is 7.90. The van der Waals surface area contributed by atoms with E-state index in [1.807, 2.05) is 0 Å². The summed E-state index contributed by atoms with van der Waals surface area (Å²) in [5, 5.41) is 6.86. The van der Waals surface area contributed by atoms with Crippen LogP contribution in [0, 0.1) is 0 Å². The zero-order chi connectivity index (χ0) is 16.4. The van der Waals surface area contributed by atoms with Crippen LogP contribution in [-0.4, -0.2) is 41.3 Å². The molecule has 0 saturated heterocycles. The second-order valence-corrected chi connectivity index (χ2v) is 8.80. The summed E-state index contributed by atoms with van der Waals surface area (Å²) >= 11 is 11.6. The molecule has 0 spiro atoms. The third-order valence-electron chi connectivity index (χ3n) is 2.31. The van der Waals surface area contributed by atoms with Crippen LogP contribution < -0.4 is 10.5 Å². The monoisotopic (exact) mass is 374 g/mol. The van der Waals surface area contributed by atoms with Crippen LogP contribution in [0.3, 0.4) is 0 Å². The van der Waals surface area contributed by atoms with Gasteiger partial charge in [-0.3, -0.25) is 4.79 Å². The molecular weight excluding hydrogens is 363 g/mol. The lowest BCUT2D eigenvalue weighted by molar-refractivity contribution is 0.0956. The molecule has 7 nitrogen and oxygen atoms in total. The van der Waals surface area contributed by atoms with Crippen LogP contribution in [-0.2, 0) is 19.9 Å². The molecule has 0 aromatic heterocycles. The zero-order valence-corrected chi connectivity index (χ0v) is 13.9. The molecule has 0 fully saturated rings. The number of sulfone groups is 1. The molecule has 0 aliphatic carbocycles. The Kier molecular flexibility index (Phi) is 5.62. The number of carbonyl (C=O) groups is 1. The van der Waals surface area contributed by atoms with Crippen LogP contribution in [0.1, 0.15) is 10.4 Å². The summed E-state index contributed by atoms with van der Waals surface area (Å²) in [5.74, 6) is -1.02. The third kappa shape index (κ3) is 5.44. The lowest BCUT2D eigenvalue weighted by atomic mass is 10.2. The van der Waals surface area contributed by atoms with Crippen LogP contribution in [0.15, 0.2) is 17.0 Å². The van der Waals surface area contributed by atoms with Crippen molar-refractivity contribution in [3.63, 3.8) is 0 Å². The molecule has 0 aliphatic heterocycles. The Bertz CT molecular complexity index is 775. The van der Waals surface area contributed by atoms with Gasteiger partial charge in [-0.25, -0.2) is 22.0 Å². The Morgan fingerprint density at radius 3 is 2.29 bits per heavy atom. The molecule has 1 rings (SSSR count). The smallest absolute Gasteiger partial charge is 0.252 e. The van der Waals surface area contributed by atoms with Gasteiger partial charge < -0.3 is 5.32 Å². The van der Waals surface area contributed by atoms with E-state index >= 15 is 0 Å². The van der Waals surface area contributed by atoms with Crippen LogP contribution >= 0.6 is 23.2 Å². The summed E-state index contributed by atoms with van der Waals surface area (Å²) < 4.78 is 44.6. The molecule has 3 N–H and O–H groups in total. The highest BCUT2D eigenvalue weighted by Gasteiger charge is 2.21. The first-order valence-electron chi connectivity index (χ1n) is 5.39. The number of sulfonamides is 1. The minimum Gasteiger partial charge on any atom is -0.351 e. The maximum absolute atomic E-state index is 11.9. The van der Waals surface area contributed by atoms with E-state index in [-0.39, 0.29) is 27.9 Å². The van der Waals surface area contributed by atoms with Crippen molar-refractivity contribution in [2.45, 2.75) is 4.90 Å². The van der Waals surface area contributed by atoms with Crippen molar-refractivity contribution in [3.8, 4) is 0 Å².